The van der Waals surface area contributed by atoms with Crippen LogP contribution in [0.3, 0.4) is 0 Å². The van der Waals surface area contributed by atoms with Gasteiger partial charge < -0.3 is 4.90 Å². The summed E-state index contributed by atoms with van der Waals surface area (Å²) < 4.78 is 0. The van der Waals surface area contributed by atoms with E-state index in [1.807, 2.05) is 23.1 Å². The summed E-state index contributed by atoms with van der Waals surface area (Å²) in [4.78, 5) is 32.8. The Morgan fingerprint density at radius 1 is 1.12 bits per heavy atom. The molecule has 1 aromatic carbocycles. The van der Waals surface area contributed by atoms with Crippen LogP contribution < -0.4 is 5.32 Å². The molecule has 2 heterocycles. The van der Waals surface area contributed by atoms with Gasteiger partial charge in [0.2, 0.25) is 5.91 Å². The molecule has 0 spiro atoms. The number of fused-ring (bicyclic) bond motifs is 1. The molecule has 1 atom stereocenters. The van der Waals surface area contributed by atoms with E-state index in [4.69, 9.17) is 0 Å². The minimum atomic E-state index is -0.160. The van der Waals surface area contributed by atoms with Crippen molar-refractivity contribution in [2.24, 2.45) is 0 Å². The molecule has 1 unspecified atom stereocenters. The van der Waals surface area contributed by atoms with E-state index in [1.54, 1.807) is 12.1 Å². The predicted molar refractivity (Wildman–Crippen MR) is 98.0 cm³/mol. The van der Waals surface area contributed by atoms with Gasteiger partial charge in [0.1, 0.15) is 0 Å². The van der Waals surface area contributed by atoms with Gasteiger partial charge >= 0.3 is 0 Å². The monoisotopic (exact) mass is 355 g/mol. The molecular weight excluding hydrogens is 334 g/mol. The average molecular weight is 355 g/mol. The van der Waals surface area contributed by atoms with E-state index in [2.05, 4.69) is 10.3 Å². The molecule has 1 saturated heterocycles. The number of hydrogen-bond donors (Lipinski definition) is 1. The number of piperidine rings is 1. The molecule has 6 heteroatoms. The van der Waals surface area contributed by atoms with E-state index in [0.29, 0.717) is 10.7 Å². The number of rotatable bonds is 3. The number of benzene rings is 1. The van der Waals surface area contributed by atoms with E-state index in [0.717, 1.165) is 49.3 Å². The van der Waals surface area contributed by atoms with Crippen molar-refractivity contribution in [3.8, 4) is 0 Å². The number of aryl methyl sites for hydroxylation is 1. The standard InChI is InChI=1S/C19H21N3O2S/c23-17(13-7-3-1-4-8-13)21-19-20-16-14(9-10-15(16)25-19)18(24)22-11-5-2-6-12-22/h1,3-4,7-8,14H,2,5-6,9-12H2,(H,20,21,23). The Kier molecular flexibility index (Phi) is 4.53. The van der Waals surface area contributed by atoms with Crippen LogP contribution in [0.1, 0.15) is 52.5 Å². The zero-order chi connectivity index (χ0) is 17.2. The lowest BCUT2D eigenvalue weighted by molar-refractivity contribution is -0.133. The summed E-state index contributed by atoms with van der Waals surface area (Å²) in [5, 5.41) is 3.46. The van der Waals surface area contributed by atoms with Crippen molar-refractivity contribution in [3.63, 3.8) is 0 Å². The van der Waals surface area contributed by atoms with Crippen molar-refractivity contribution in [1.29, 1.82) is 0 Å². The second-order valence-electron chi connectivity index (χ2n) is 6.62. The molecule has 2 amide bonds. The molecule has 1 aliphatic heterocycles. The van der Waals surface area contributed by atoms with Gasteiger partial charge in [-0.05, 0) is 44.2 Å². The van der Waals surface area contributed by atoms with E-state index >= 15 is 0 Å². The SMILES string of the molecule is O=C(Nc1nc2c(s1)CCC2C(=O)N1CCCCC1)c1ccccc1. The summed E-state index contributed by atoms with van der Waals surface area (Å²) in [5.41, 5.74) is 1.49. The van der Waals surface area contributed by atoms with Gasteiger partial charge in [-0.1, -0.05) is 18.2 Å². The smallest absolute Gasteiger partial charge is 0.257 e. The Morgan fingerprint density at radius 3 is 2.64 bits per heavy atom. The second kappa shape index (κ2) is 6.96. The van der Waals surface area contributed by atoms with Crippen LogP contribution in [0.15, 0.2) is 30.3 Å². The highest BCUT2D eigenvalue weighted by Gasteiger charge is 2.35. The summed E-state index contributed by atoms with van der Waals surface area (Å²) in [6, 6.07) is 9.11. The average Bonchev–Trinajstić information content (AvgIpc) is 3.22. The topological polar surface area (TPSA) is 62.3 Å². The fourth-order valence-corrected chi connectivity index (χ4v) is 4.65. The molecule has 0 bridgehead atoms. The van der Waals surface area contributed by atoms with Gasteiger partial charge in [-0.25, -0.2) is 4.98 Å². The highest BCUT2D eigenvalue weighted by atomic mass is 32.1. The number of amides is 2. The summed E-state index contributed by atoms with van der Waals surface area (Å²) in [6.07, 6.45) is 5.13. The summed E-state index contributed by atoms with van der Waals surface area (Å²) in [7, 11) is 0. The van der Waals surface area contributed by atoms with Crippen molar-refractivity contribution in [3.05, 3.63) is 46.5 Å². The number of likely N-dealkylation sites (tertiary alicyclic amines) is 1. The van der Waals surface area contributed by atoms with E-state index in [1.165, 1.54) is 17.8 Å². The molecule has 5 nitrogen and oxygen atoms in total. The highest BCUT2D eigenvalue weighted by Crippen LogP contribution is 2.39. The van der Waals surface area contributed by atoms with Crippen LogP contribution in [0.4, 0.5) is 5.13 Å². The number of carbonyl (C=O) groups excluding carboxylic acids is 2. The zero-order valence-electron chi connectivity index (χ0n) is 14.0. The molecule has 1 aromatic heterocycles. The van der Waals surface area contributed by atoms with Gasteiger partial charge in [0, 0.05) is 23.5 Å². The lowest BCUT2D eigenvalue weighted by Gasteiger charge is -2.29. The number of aromatic nitrogens is 1. The maximum atomic E-state index is 12.8. The molecule has 1 aliphatic carbocycles. The van der Waals surface area contributed by atoms with Gasteiger partial charge in [0.05, 0.1) is 11.6 Å². The normalized spacial score (nSPS) is 19.5. The Bertz CT molecular complexity index is 781. The van der Waals surface area contributed by atoms with Crippen LogP contribution in [0, 0.1) is 0 Å². The van der Waals surface area contributed by atoms with Crippen molar-refractivity contribution in [2.45, 2.75) is 38.0 Å². The van der Waals surface area contributed by atoms with Gasteiger partial charge in [-0.2, -0.15) is 0 Å². The minimum Gasteiger partial charge on any atom is -0.342 e. The Balaban J connectivity index is 1.48. The lowest BCUT2D eigenvalue weighted by atomic mass is 10.0. The first-order valence-corrected chi connectivity index (χ1v) is 9.69. The van der Waals surface area contributed by atoms with Crippen LogP contribution >= 0.6 is 11.3 Å². The first kappa shape index (κ1) is 16.3. The van der Waals surface area contributed by atoms with Crippen LogP contribution in [0.5, 0.6) is 0 Å². The van der Waals surface area contributed by atoms with E-state index < -0.39 is 0 Å². The van der Waals surface area contributed by atoms with E-state index in [-0.39, 0.29) is 17.7 Å². The fourth-order valence-electron chi connectivity index (χ4n) is 3.61. The summed E-state index contributed by atoms with van der Waals surface area (Å²) >= 11 is 1.50. The largest absolute Gasteiger partial charge is 0.342 e. The fraction of sp³-hybridized carbons (Fsp3) is 0.421. The molecular formula is C19H21N3O2S. The Morgan fingerprint density at radius 2 is 1.88 bits per heavy atom. The number of anilines is 1. The lowest BCUT2D eigenvalue weighted by Crippen LogP contribution is -2.38. The molecule has 1 N–H and O–H groups in total. The molecule has 130 valence electrons. The molecule has 0 radical (unpaired) electrons. The number of carbonyl (C=O) groups is 2. The number of nitrogens with one attached hydrogen (secondary N) is 1. The zero-order valence-corrected chi connectivity index (χ0v) is 14.8. The summed E-state index contributed by atoms with van der Waals surface area (Å²) in [6.45, 7) is 1.73. The number of hydrogen-bond acceptors (Lipinski definition) is 4. The van der Waals surface area contributed by atoms with Crippen molar-refractivity contribution >= 4 is 28.3 Å². The van der Waals surface area contributed by atoms with Crippen molar-refractivity contribution < 1.29 is 9.59 Å². The van der Waals surface area contributed by atoms with E-state index in [9.17, 15) is 9.59 Å². The predicted octanol–water partition coefficient (Wildman–Crippen LogP) is 3.44. The molecule has 1 fully saturated rings. The summed E-state index contributed by atoms with van der Waals surface area (Å²) in [5.74, 6) is -0.0802. The third-order valence-electron chi connectivity index (χ3n) is 4.94. The van der Waals surface area contributed by atoms with Crippen LogP contribution in [0.2, 0.25) is 0 Å². The first-order chi connectivity index (χ1) is 12.2. The van der Waals surface area contributed by atoms with Crippen LogP contribution in [0.25, 0.3) is 0 Å². The number of thiazole rings is 1. The van der Waals surface area contributed by atoms with Crippen molar-refractivity contribution in [2.75, 3.05) is 18.4 Å². The molecule has 0 saturated carbocycles. The first-order valence-electron chi connectivity index (χ1n) is 8.87. The maximum absolute atomic E-state index is 12.8. The molecule has 25 heavy (non-hydrogen) atoms. The molecule has 4 rings (SSSR count). The second-order valence-corrected chi connectivity index (χ2v) is 7.71. The molecule has 2 aliphatic rings. The van der Waals surface area contributed by atoms with Gasteiger partial charge in [-0.3, -0.25) is 14.9 Å². The maximum Gasteiger partial charge on any atom is 0.257 e. The quantitative estimate of drug-likeness (QED) is 0.917. The van der Waals surface area contributed by atoms with Gasteiger partial charge in [0.15, 0.2) is 5.13 Å². The highest BCUT2D eigenvalue weighted by molar-refractivity contribution is 7.16. The Hall–Kier alpha value is -2.21. The van der Waals surface area contributed by atoms with Crippen LogP contribution in [-0.2, 0) is 11.2 Å². The van der Waals surface area contributed by atoms with Gasteiger partial charge in [-0.15, -0.1) is 11.3 Å². The third kappa shape index (κ3) is 3.31. The van der Waals surface area contributed by atoms with Gasteiger partial charge in [0.25, 0.3) is 5.91 Å². The third-order valence-corrected chi connectivity index (χ3v) is 5.99. The van der Waals surface area contributed by atoms with Crippen molar-refractivity contribution in [1.82, 2.24) is 9.88 Å². The van der Waals surface area contributed by atoms with Crippen LogP contribution in [-0.4, -0.2) is 34.8 Å². The molecule has 2 aromatic rings. The Labute approximate surface area is 151 Å². The minimum absolute atomic E-state index is 0.133. The number of nitrogens with zero attached hydrogens (tertiary/aromatic N) is 2.